The molecule has 6 nitrogen and oxygen atoms in total. The predicted molar refractivity (Wildman–Crippen MR) is 129 cm³/mol. The first-order valence-corrected chi connectivity index (χ1v) is 9.60. The highest BCUT2D eigenvalue weighted by Gasteiger charge is 2.22. The zero-order chi connectivity index (χ0) is 19.9. The third-order valence-corrected chi connectivity index (χ3v) is 5.00. The number of hydrogen-bond acceptors (Lipinski definition) is 4. The van der Waals surface area contributed by atoms with Crippen LogP contribution in [0.4, 0.5) is 0 Å². The monoisotopic (exact) mass is 510 g/mol. The molecular weight excluding hydrogens is 479 g/mol. The van der Waals surface area contributed by atoms with Crippen LogP contribution in [0.15, 0.2) is 53.5 Å². The summed E-state index contributed by atoms with van der Waals surface area (Å²) in [5.74, 6) is 2.63. The molecule has 0 saturated carbocycles. The number of benzene rings is 2. The van der Waals surface area contributed by atoms with Gasteiger partial charge in [0.25, 0.3) is 0 Å². The summed E-state index contributed by atoms with van der Waals surface area (Å²) >= 11 is 0. The summed E-state index contributed by atoms with van der Waals surface area (Å²) in [4.78, 5) is 6.54. The van der Waals surface area contributed by atoms with Crippen LogP contribution in [0.5, 0.6) is 11.5 Å². The number of likely N-dealkylation sites (N-methyl/N-ethyl adjacent to an activating group) is 1. The maximum Gasteiger partial charge on any atom is 0.191 e. The van der Waals surface area contributed by atoms with E-state index in [1.165, 1.54) is 11.1 Å². The van der Waals surface area contributed by atoms with Gasteiger partial charge in [0.05, 0.1) is 19.7 Å². The number of fused-ring (bicyclic) bond motifs is 1. The van der Waals surface area contributed by atoms with Crippen molar-refractivity contribution in [3.63, 3.8) is 0 Å². The average molecular weight is 510 g/mol. The number of aliphatic imine (C=N–C) groups is 1. The molecule has 0 aromatic heterocycles. The highest BCUT2D eigenvalue weighted by atomic mass is 127. The normalized spacial score (nSPS) is 16.4. The molecule has 158 valence electrons. The molecule has 1 aliphatic heterocycles. The Labute approximate surface area is 190 Å². The standard InChI is InChI=1S/C22H30N4O2.HI/c1-23-22(24-14-19-13-17-8-5-6-11-21(17)28-19)25-15-20(26(2)3)16-9-7-10-18(12-16)27-4;/h5-12,19-20H,13-15H2,1-4H3,(H2,23,24,25);1H. The molecule has 7 heteroatoms. The van der Waals surface area contributed by atoms with Crippen molar-refractivity contribution in [3.8, 4) is 11.5 Å². The number of hydrogen-bond donors (Lipinski definition) is 2. The number of para-hydroxylation sites is 1. The van der Waals surface area contributed by atoms with Gasteiger partial charge in [-0.25, -0.2) is 0 Å². The maximum absolute atomic E-state index is 5.99. The SMILES string of the molecule is CN=C(NCC1Cc2ccccc2O1)NCC(c1cccc(OC)c1)N(C)C.I. The van der Waals surface area contributed by atoms with Crippen molar-refractivity contribution in [1.29, 1.82) is 0 Å². The van der Waals surface area contributed by atoms with Crippen molar-refractivity contribution >= 4 is 29.9 Å². The fourth-order valence-electron chi connectivity index (χ4n) is 3.44. The molecule has 2 aromatic carbocycles. The largest absolute Gasteiger partial charge is 0.497 e. The molecule has 2 atom stereocenters. The first kappa shape index (κ1) is 23.3. The summed E-state index contributed by atoms with van der Waals surface area (Å²) in [7, 11) is 7.63. The van der Waals surface area contributed by atoms with Crippen LogP contribution in [0.25, 0.3) is 0 Å². The van der Waals surface area contributed by atoms with Gasteiger partial charge in [-0.05, 0) is 43.4 Å². The Morgan fingerprint density at radius 1 is 1.21 bits per heavy atom. The Morgan fingerprint density at radius 3 is 2.69 bits per heavy atom. The first-order valence-electron chi connectivity index (χ1n) is 9.60. The Morgan fingerprint density at radius 2 is 2.00 bits per heavy atom. The van der Waals surface area contributed by atoms with Crippen molar-refractivity contribution in [2.24, 2.45) is 4.99 Å². The summed E-state index contributed by atoms with van der Waals surface area (Å²) in [6.45, 7) is 1.44. The Kier molecular flexibility index (Phi) is 9.03. The maximum atomic E-state index is 5.99. The second-order valence-electron chi connectivity index (χ2n) is 7.14. The molecule has 1 aliphatic rings. The van der Waals surface area contributed by atoms with Gasteiger partial charge >= 0.3 is 0 Å². The molecule has 2 N–H and O–H groups in total. The third-order valence-electron chi connectivity index (χ3n) is 5.00. The lowest BCUT2D eigenvalue weighted by molar-refractivity contribution is 0.234. The smallest absolute Gasteiger partial charge is 0.191 e. The summed E-state index contributed by atoms with van der Waals surface area (Å²) in [6, 6.07) is 16.6. The number of rotatable bonds is 7. The van der Waals surface area contributed by atoms with Crippen LogP contribution in [0.2, 0.25) is 0 Å². The van der Waals surface area contributed by atoms with Crippen LogP contribution < -0.4 is 20.1 Å². The number of guanidine groups is 1. The molecule has 0 aliphatic carbocycles. The molecule has 1 heterocycles. The lowest BCUT2D eigenvalue weighted by Crippen LogP contribution is -2.44. The fraction of sp³-hybridized carbons (Fsp3) is 0.409. The lowest BCUT2D eigenvalue weighted by atomic mass is 10.1. The van der Waals surface area contributed by atoms with Gasteiger partial charge in [-0.15, -0.1) is 24.0 Å². The van der Waals surface area contributed by atoms with Crippen molar-refractivity contribution in [2.75, 3.05) is 41.3 Å². The van der Waals surface area contributed by atoms with E-state index in [-0.39, 0.29) is 36.1 Å². The van der Waals surface area contributed by atoms with Gasteiger partial charge in [0, 0.05) is 20.0 Å². The number of nitrogens with zero attached hydrogens (tertiary/aromatic N) is 2. The van der Waals surface area contributed by atoms with E-state index in [1.54, 1.807) is 14.2 Å². The van der Waals surface area contributed by atoms with Gasteiger partial charge in [0.2, 0.25) is 0 Å². The van der Waals surface area contributed by atoms with Gasteiger partial charge < -0.3 is 25.0 Å². The highest BCUT2D eigenvalue weighted by Crippen LogP contribution is 2.27. The van der Waals surface area contributed by atoms with E-state index in [4.69, 9.17) is 9.47 Å². The highest BCUT2D eigenvalue weighted by molar-refractivity contribution is 14.0. The van der Waals surface area contributed by atoms with E-state index in [0.29, 0.717) is 6.54 Å². The van der Waals surface area contributed by atoms with Crippen molar-refractivity contribution < 1.29 is 9.47 Å². The molecule has 2 unspecified atom stereocenters. The number of nitrogens with one attached hydrogen (secondary N) is 2. The first-order chi connectivity index (χ1) is 13.6. The van der Waals surface area contributed by atoms with Gasteiger partial charge in [0.15, 0.2) is 5.96 Å². The number of halogens is 1. The van der Waals surface area contributed by atoms with Gasteiger partial charge in [-0.2, -0.15) is 0 Å². The zero-order valence-electron chi connectivity index (χ0n) is 17.5. The van der Waals surface area contributed by atoms with Crippen molar-refractivity contribution in [3.05, 3.63) is 59.7 Å². The van der Waals surface area contributed by atoms with Crippen LogP contribution >= 0.6 is 24.0 Å². The minimum atomic E-state index is 0. The summed E-state index contributed by atoms with van der Waals surface area (Å²) in [5.41, 5.74) is 2.46. The number of methoxy groups -OCH3 is 1. The minimum absolute atomic E-state index is 0. The van der Waals surface area contributed by atoms with E-state index < -0.39 is 0 Å². The van der Waals surface area contributed by atoms with Crippen LogP contribution in [0.3, 0.4) is 0 Å². The summed E-state index contributed by atoms with van der Waals surface area (Å²) in [6.07, 6.45) is 1.04. The lowest BCUT2D eigenvalue weighted by Gasteiger charge is -2.26. The van der Waals surface area contributed by atoms with Crippen LogP contribution in [-0.2, 0) is 6.42 Å². The third kappa shape index (κ3) is 6.24. The summed E-state index contributed by atoms with van der Waals surface area (Å²) in [5, 5.41) is 6.82. The van der Waals surface area contributed by atoms with Gasteiger partial charge in [0.1, 0.15) is 17.6 Å². The molecular formula is C22H31IN4O2. The molecule has 2 aromatic rings. The topological polar surface area (TPSA) is 58.1 Å². The Balaban J connectivity index is 0.00000300. The second-order valence-corrected chi connectivity index (χ2v) is 7.14. The summed E-state index contributed by atoms with van der Waals surface area (Å²) < 4.78 is 11.4. The molecule has 29 heavy (non-hydrogen) atoms. The molecule has 0 amide bonds. The van der Waals surface area contributed by atoms with Crippen molar-refractivity contribution in [1.82, 2.24) is 15.5 Å². The van der Waals surface area contributed by atoms with Crippen LogP contribution in [0, 0.1) is 0 Å². The van der Waals surface area contributed by atoms with E-state index in [9.17, 15) is 0 Å². The van der Waals surface area contributed by atoms with Crippen LogP contribution in [-0.4, -0.2) is 58.3 Å². The molecule has 0 radical (unpaired) electrons. The van der Waals surface area contributed by atoms with Gasteiger partial charge in [-0.3, -0.25) is 4.99 Å². The van der Waals surface area contributed by atoms with E-state index in [1.807, 2.05) is 24.3 Å². The number of ether oxygens (including phenoxy) is 2. The van der Waals surface area contributed by atoms with Crippen LogP contribution in [0.1, 0.15) is 17.2 Å². The Hall–Kier alpha value is -2.00. The molecule has 3 rings (SSSR count). The van der Waals surface area contributed by atoms with E-state index >= 15 is 0 Å². The molecule has 0 bridgehead atoms. The van der Waals surface area contributed by atoms with E-state index in [2.05, 4.69) is 58.9 Å². The zero-order valence-corrected chi connectivity index (χ0v) is 19.8. The fourth-order valence-corrected chi connectivity index (χ4v) is 3.44. The average Bonchev–Trinajstić information content (AvgIpc) is 3.13. The Bertz CT molecular complexity index is 788. The quantitative estimate of drug-likeness (QED) is 0.341. The minimum Gasteiger partial charge on any atom is -0.497 e. The molecule has 0 spiro atoms. The second kappa shape index (κ2) is 11.3. The molecule has 0 fully saturated rings. The van der Waals surface area contributed by atoms with Gasteiger partial charge in [-0.1, -0.05) is 30.3 Å². The predicted octanol–water partition coefficient (Wildman–Crippen LogP) is 3.08. The van der Waals surface area contributed by atoms with E-state index in [0.717, 1.165) is 30.4 Å². The van der Waals surface area contributed by atoms with Crippen molar-refractivity contribution in [2.45, 2.75) is 18.6 Å². The molecule has 0 saturated heterocycles.